The van der Waals surface area contributed by atoms with Crippen LogP contribution in [0.3, 0.4) is 0 Å². The summed E-state index contributed by atoms with van der Waals surface area (Å²) in [6, 6.07) is 14.2. The average molecular weight is 352 g/mol. The van der Waals surface area contributed by atoms with Gasteiger partial charge in [-0.25, -0.2) is 0 Å². The van der Waals surface area contributed by atoms with Gasteiger partial charge in [-0.3, -0.25) is 4.79 Å². The molecule has 0 spiro atoms. The Morgan fingerprint density at radius 1 is 1.12 bits per heavy atom. The molecule has 0 aliphatic carbocycles. The molecule has 1 atom stereocenters. The summed E-state index contributed by atoms with van der Waals surface area (Å²) in [5.74, 6) is -0.683. The average Bonchev–Trinajstić information content (AvgIpc) is 2.55. The first-order valence-corrected chi connectivity index (χ1v) is 7.64. The minimum atomic E-state index is -4.79. The Kier molecular flexibility index (Phi) is 6.03. The summed E-state index contributed by atoms with van der Waals surface area (Å²) in [6.07, 6.45) is -4.44. The van der Waals surface area contributed by atoms with Gasteiger partial charge in [0, 0.05) is 19.2 Å². The van der Waals surface area contributed by atoms with E-state index in [-0.39, 0.29) is 23.8 Å². The Labute approximate surface area is 144 Å². The van der Waals surface area contributed by atoms with Gasteiger partial charge >= 0.3 is 6.36 Å². The molecular weight excluding hydrogens is 333 g/mol. The SMILES string of the molecule is CN(Cc1ccccc1OC(F)(F)F)C(=O)C(N)Cc1ccccc1. The fourth-order valence-electron chi connectivity index (χ4n) is 2.43. The van der Waals surface area contributed by atoms with Gasteiger partial charge in [0.1, 0.15) is 5.75 Å². The molecule has 2 rings (SSSR count). The van der Waals surface area contributed by atoms with E-state index in [1.165, 1.54) is 30.1 Å². The number of para-hydroxylation sites is 1. The number of alkyl halides is 3. The quantitative estimate of drug-likeness (QED) is 0.869. The lowest BCUT2D eigenvalue weighted by Gasteiger charge is -2.23. The molecule has 2 aromatic carbocycles. The highest BCUT2D eigenvalue weighted by Gasteiger charge is 2.32. The van der Waals surface area contributed by atoms with Gasteiger partial charge in [0.2, 0.25) is 5.91 Å². The Morgan fingerprint density at radius 2 is 1.72 bits per heavy atom. The minimum absolute atomic E-state index is 0.0342. The standard InChI is InChI=1S/C18H19F3N2O2/c1-23(17(24)15(22)11-13-7-3-2-4-8-13)12-14-9-5-6-10-16(14)25-18(19,20)21/h2-10,15H,11-12,22H2,1H3. The molecule has 0 radical (unpaired) electrons. The van der Waals surface area contributed by atoms with Crippen LogP contribution in [0.5, 0.6) is 5.75 Å². The van der Waals surface area contributed by atoms with Crippen molar-refractivity contribution in [3.63, 3.8) is 0 Å². The third kappa shape index (κ3) is 5.79. The number of amides is 1. The molecule has 7 heteroatoms. The molecule has 25 heavy (non-hydrogen) atoms. The normalized spacial score (nSPS) is 12.5. The van der Waals surface area contributed by atoms with Crippen LogP contribution in [0.15, 0.2) is 54.6 Å². The molecule has 1 unspecified atom stereocenters. The summed E-state index contributed by atoms with van der Waals surface area (Å²) in [6.45, 7) is -0.0342. The molecular formula is C18H19F3N2O2. The van der Waals surface area contributed by atoms with Crippen molar-refractivity contribution in [2.24, 2.45) is 5.73 Å². The summed E-state index contributed by atoms with van der Waals surface area (Å²) >= 11 is 0. The maximum absolute atomic E-state index is 12.5. The topological polar surface area (TPSA) is 55.6 Å². The lowest BCUT2D eigenvalue weighted by atomic mass is 10.1. The highest BCUT2D eigenvalue weighted by molar-refractivity contribution is 5.81. The molecule has 0 aliphatic rings. The smallest absolute Gasteiger partial charge is 0.405 e. The van der Waals surface area contributed by atoms with Crippen molar-refractivity contribution in [2.75, 3.05) is 7.05 Å². The highest BCUT2D eigenvalue weighted by atomic mass is 19.4. The largest absolute Gasteiger partial charge is 0.573 e. The van der Waals surface area contributed by atoms with Crippen molar-refractivity contribution in [3.05, 3.63) is 65.7 Å². The predicted molar refractivity (Wildman–Crippen MR) is 87.7 cm³/mol. The third-order valence-electron chi connectivity index (χ3n) is 3.60. The number of carbonyl (C=O) groups is 1. The van der Waals surface area contributed by atoms with E-state index >= 15 is 0 Å². The van der Waals surface area contributed by atoms with E-state index in [2.05, 4.69) is 4.74 Å². The van der Waals surface area contributed by atoms with Crippen LogP contribution in [0.2, 0.25) is 0 Å². The van der Waals surface area contributed by atoms with E-state index in [1.54, 1.807) is 6.07 Å². The first kappa shape index (κ1) is 18.8. The van der Waals surface area contributed by atoms with Gasteiger partial charge < -0.3 is 15.4 Å². The van der Waals surface area contributed by atoms with E-state index in [0.717, 1.165) is 5.56 Å². The number of ether oxygens (including phenoxy) is 1. The first-order chi connectivity index (χ1) is 11.8. The molecule has 1 amide bonds. The van der Waals surface area contributed by atoms with Crippen LogP contribution in [0.1, 0.15) is 11.1 Å². The lowest BCUT2D eigenvalue weighted by Crippen LogP contribution is -2.42. The molecule has 0 aliphatic heterocycles. The zero-order valence-electron chi connectivity index (χ0n) is 13.7. The molecule has 134 valence electrons. The molecule has 4 nitrogen and oxygen atoms in total. The van der Waals surface area contributed by atoms with Gasteiger partial charge in [-0.15, -0.1) is 13.2 Å². The van der Waals surface area contributed by atoms with Crippen LogP contribution in [0.4, 0.5) is 13.2 Å². The van der Waals surface area contributed by atoms with Crippen LogP contribution in [0, 0.1) is 0 Å². The fraction of sp³-hybridized carbons (Fsp3) is 0.278. The van der Waals surface area contributed by atoms with Crippen molar-refractivity contribution in [2.45, 2.75) is 25.4 Å². The van der Waals surface area contributed by atoms with Crippen molar-refractivity contribution in [1.29, 1.82) is 0 Å². The number of hydrogen-bond acceptors (Lipinski definition) is 3. The van der Waals surface area contributed by atoms with Gasteiger partial charge in [-0.05, 0) is 18.1 Å². The number of halogens is 3. The molecule has 0 fully saturated rings. The number of nitrogens with two attached hydrogens (primary N) is 1. The summed E-state index contributed by atoms with van der Waals surface area (Å²) in [4.78, 5) is 13.7. The van der Waals surface area contributed by atoms with E-state index in [0.29, 0.717) is 6.42 Å². The number of nitrogens with zero attached hydrogens (tertiary/aromatic N) is 1. The van der Waals surface area contributed by atoms with Gasteiger partial charge in [0.25, 0.3) is 0 Å². The number of carbonyl (C=O) groups excluding carboxylic acids is 1. The van der Waals surface area contributed by atoms with Crippen molar-refractivity contribution in [1.82, 2.24) is 4.90 Å². The maximum atomic E-state index is 12.5. The number of hydrogen-bond donors (Lipinski definition) is 1. The summed E-state index contributed by atoms with van der Waals surface area (Å²) in [7, 11) is 1.50. The Bertz CT molecular complexity index is 705. The first-order valence-electron chi connectivity index (χ1n) is 7.64. The maximum Gasteiger partial charge on any atom is 0.573 e. The van der Waals surface area contributed by atoms with Crippen molar-refractivity contribution < 1.29 is 22.7 Å². The molecule has 0 aromatic heterocycles. The molecule has 2 aromatic rings. The Balaban J connectivity index is 2.04. The van der Waals surface area contributed by atoms with Gasteiger partial charge in [-0.2, -0.15) is 0 Å². The summed E-state index contributed by atoms with van der Waals surface area (Å²) in [5.41, 5.74) is 7.11. The molecule has 0 saturated carbocycles. The van der Waals surface area contributed by atoms with E-state index in [1.807, 2.05) is 30.3 Å². The third-order valence-corrected chi connectivity index (χ3v) is 3.60. The minimum Gasteiger partial charge on any atom is -0.405 e. The molecule has 0 bridgehead atoms. The Hall–Kier alpha value is -2.54. The van der Waals surface area contributed by atoms with Gasteiger partial charge in [-0.1, -0.05) is 48.5 Å². The van der Waals surface area contributed by atoms with E-state index < -0.39 is 12.4 Å². The van der Waals surface area contributed by atoms with Crippen LogP contribution >= 0.6 is 0 Å². The number of benzene rings is 2. The molecule has 0 heterocycles. The van der Waals surface area contributed by atoms with Crippen LogP contribution in [0.25, 0.3) is 0 Å². The van der Waals surface area contributed by atoms with Gasteiger partial charge in [0.15, 0.2) is 0 Å². The van der Waals surface area contributed by atoms with Crippen molar-refractivity contribution in [3.8, 4) is 5.75 Å². The van der Waals surface area contributed by atoms with E-state index in [9.17, 15) is 18.0 Å². The number of rotatable bonds is 6. The zero-order chi connectivity index (χ0) is 18.4. The second-order valence-corrected chi connectivity index (χ2v) is 5.65. The second kappa shape index (κ2) is 8.02. The fourth-order valence-corrected chi connectivity index (χ4v) is 2.43. The Morgan fingerprint density at radius 3 is 2.36 bits per heavy atom. The molecule has 0 saturated heterocycles. The highest BCUT2D eigenvalue weighted by Crippen LogP contribution is 2.27. The summed E-state index contributed by atoms with van der Waals surface area (Å²) < 4.78 is 41.4. The van der Waals surface area contributed by atoms with Crippen LogP contribution in [-0.4, -0.2) is 30.3 Å². The lowest BCUT2D eigenvalue weighted by molar-refractivity contribution is -0.275. The summed E-state index contributed by atoms with van der Waals surface area (Å²) in [5, 5.41) is 0. The number of likely N-dealkylation sites (N-methyl/N-ethyl adjacent to an activating group) is 1. The molecule has 2 N–H and O–H groups in total. The van der Waals surface area contributed by atoms with Crippen molar-refractivity contribution >= 4 is 5.91 Å². The van der Waals surface area contributed by atoms with Crippen LogP contribution < -0.4 is 10.5 Å². The zero-order valence-corrected chi connectivity index (χ0v) is 13.7. The van der Waals surface area contributed by atoms with Gasteiger partial charge in [0.05, 0.1) is 6.04 Å². The van der Waals surface area contributed by atoms with E-state index in [4.69, 9.17) is 5.73 Å². The predicted octanol–water partition coefficient (Wildman–Crippen LogP) is 3.11. The van der Waals surface area contributed by atoms with Crippen LogP contribution in [-0.2, 0) is 17.8 Å². The monoisotopic (exact) mass is 352 g/mol. The second-order valence-electron chi connectivity index (χ2n) is 5.65.